The lowest BCUT2D eigenvalue weighted by atomic mass is 9.79. The number of halogens is 3. The molecule has 1 aromatic carbocycles. The SMILES string of the molecule is Cc1nc(N[C@H](C)c2cc(N)cc(C(F)(F)F)c2)c2cc(N3CC4(CNC(=O)C4)C3)ncc2n1. The number of pyridine rings is 1. The van der Waals surface area contributed by atoms with Gasteiger partial charge in [-0.15, -0.1) is 0 Å². The number of amides is 1. The fraction of sp³-hybridized carbons (Fsp3) is 0.391. The highest BCUT2D eigenvalue weighted by atomic mass is 19.4. The van der Waals surface area contributed by atoms with Crippen molar-refractivity contribution in [1.82, 2.24) is 20.3 Å². The number of rotatable bonds is 4. The van der Waals surface area contributed by atoms with E-state index in [2.05, 4.69) is 30.5 Å². The number of carbonyl (C=O) groups is 1. The van der Waals surface area contributed by atoms with Gasteiger partial charge in [0.15, 0.2) is 0 Å². The Hall–Kier alpha value is -3.63. The summed E-state index contributed by atoms with van der Waals surface area (Å²) in [5.74, 6) is 1.83. The predicted molar refractivity (Wildman–Crippen MR) is 122 cm³/mol. The lowest BCUT2D eigenvalue weighted by Crippen LogP contribution is -2.57. The molecule has 1 atom stereocenters. The smallest absolute Gasteiger partial charge is 0.399 e. The fourth-order valence-corrected chi connectivity index (χ4v) is 4.70. The van der Waals surface area contributed by atoms with Crippen molar-refractivity contribution in [3.8, 4) is 0 Å². The van der Waals surface area contributed by atoms with Crippen LogP contribution in [0.2, 0.25) is 0 Å². The van der Waals surface area contributed by atoms with Crippen molar-refractivity contribution in [2.45, 2.75) is 32.5 Å². The highest BCUT2D eigenvalue weighted by Crippen LogP contribution is 2.40. The number of nitrogens with two attached hydrogens (primary N) is 1. The molecule has 2 saturated heterocycles. The Balaban J connectivity index is 1.43. The summed E-state index contributed by atoms with van der Waals surface area (Å²) >= 11 is 0. The normalized spacial score (nSPS) is 18.1. The quantitative estimate of drug-likeness (QED) is 0.500. The molecule has 8 nitrogen and oxygen atoms in total. The Labute approximate surface area is 193 Å². The Morgan fingerprint density at radius 2 is 1.97 bits per heavy atom. The van der Waals surface area contributed by atoms with Crippen LogP contribution in [0.15, 0.2) is 30.5 Å². The lowest BCUT2D eigenvalue weighted by Gasteiger charge is -2.47. The van der Waals surface area contributed by atoms with Crippen LogP contribution in [0.4, 0.5) is 30.5 Å². The molecule has 3 aromatic rings. The summed E-state index contributed by atoms with van der Waals surface area (Å²) in [6, 6.07) is 4.91. The molecule has 0 saturated carbocycles. The van der Waals surface area contributed by atoms with E-state index in [4.69, 9.17) is 5.73 Å². The van der Waals surface area contributed by atoms with Crippen LogP contribution in [0.3, 0.4) is 0 Å². The molecule has 2 aromatic heterocycles. The summed E-state index contributed by atoms with van der Waals surface area (Å²) in [5, 5.41) is 6.83. The standard InChI is InChI=1S/C23H24F3N7O/c1-12(14-3-15(23(24,25)26)5-16(27)4-14)30-21-17-6-19(28-8-18(17)31-13(2)32-21)33-10-22(11-33)7-20(34)29-9-22/h3-6,8,12H,7,9-11,27H2,1-2H3,(H,29,34)(H,30,31,32)/t12-/m1/s1. The number of alkyl halides is 3. The highest BCUT2D eigenvalue weighted by molar-refractivity contribution is 5.91. The zero-order valence-corrected chi connectivity index (χ0v) is 18.7. The van der Waals surface area contributed by atoms with Crippen molar-refractivity contribution in [3.05, 3.63) is 47.4 Å². The summed E-state index contributed by atoms with van der Waals surface area (Å²) in [6.45, 7) is 5.61. The van der Waals surface area contributed by atoms with Crippen molar-refractivity contribution in [3.63, 3.8) is 0 Å². The molecule has 0 radical (unpaired) electrons. The molecule has 0 bridgehead atoms. The van der Waals surface area contributed by atoms with Crippen molar-refractivity contribution in [2.24, 2.45) is 5.41 Å². The van der Waals surface area contributed by atoms with Crippen LogP contribution in [-0.2, 0) is 11.0 Å². The third kappa shape index (κ3) is 4.06. The van der Waals surface area contributed by atoms with E-state index in [-0.39, 0.29) is 17.0 Å². The maximum atomic E-state index is 13.3. The molecule has 34 heavy (non-hydrogen) atoms. The number of nitrogens with one attached hydrogen (secondary N) is 2. The van der Waals surface area contributed by atoms with Gasteiger partial charge in [0.1, 0.15) is 17.5 Å². The maximum absolute atomic E-state index is 13.3. The summed E-state index contributed by atoms with van der Waals surface area (Å²) in [6.07, 6.45) is -2.30. The van der Waals surface area contributed by atoms with Crippen LogP contribution in [0.25, 0.3) is 10.9 Å². The third-order valence-corrected chi connectivity index (χ3v) is 6.41. The first-order valence-corrected chi connectivity index (χ1v) is 10.9. The number of hydrogen-bond donors (Lipinski definition) is 3. The number of benzene rings is 1. The van der Waals surface area contributed by atoms with Crippen LogP contribution in [-0.4, -0.2) is 40.5 Å². The Bertz CT molecular complexity index is 1290. The van der Waals surface area contributed by atoms with Gasteiger partial charge in [0.25, 0.3) is 0 Å². The van der Waals surface area contributed by atoms with Gasteiger partial charge in [0.05, 0.1) is 23.3 Å². The largest absolute Gasteiger partial charge is 0.416 e. The van der Waals surface area contributed by atoms with Gasteiger partial charge in [-0.2, -0.15) is 13.2 Å². The molecule has 0 aliphatic carbocycles. The number of aromatic nitrogens is 3. The van der Waals surface area contributed by atoms with Crippen molar-refractivity contribution >= 4 is 34.1 Å². The molecule has 11 heteroatoms. The number of nitrogen functional groups attached to an aromatic ring is 1. The first kappa shape index (κ1) is 22.2. The number of fused-ring (bicyclic) bond motifs is 1. The molecule has 0 unspecified atom stereocenters. The number of carbonyl (C=O) groups excluding carboxylic acids is 1. The van der Waals surface area contributed by atoms with Gasteiger partial charge in [0, 0.05) is 42.5 Å². The van der Waals surface area contributed by atoms with Crippen LogP contribution in [0.1, 0.15) is 36.3 Å². The van der Waals surface area contributed by atoms with E-state index in [0.717, 1.165) is 31.0 Å². The average molecular weight is 471 g/mol. The van der Waals surface area contributed by atoms with E-state index < -0.39 is 17.8 Å². The molecule has 2 aliphatic heterocycles. The molecule has 5 rings (SSSR count). The number of hydrogen-bond acceptors (Lipinski definition) is 7. The Morgan fingerprint density at radius 3 is 2.65 bits per heavy atom. The fourth-order valence-electron chi connectivity index (χ4n) is 4.70. The molecule has 2 fully saturated rings. The summed E-state index contributed by atoms with van der Waals surface area (Å²) in [5.41, 5.74) is 5.97. The van der Waals surface area contributed by atoms with Crippen molar-refractivity contribution in [2.75, 3.05) is 35.6 Å². The Kier molecular flexibility index (Phi) is 5.03. The molecule has 2 aliphatic rings. The van der Waals surface area contributed by atoms with Gasteiger partial charge in [-0.3, -0.25) is 4.79 Å². The molecule has 4 heterocycles. The highest BCUT2D eigenvalue weighted by Gasteiger charge is 2.48. The van der Waals surface area contributed by atoms with Crippen LogP contribution in [0, 0.1) is 12.3 Å². The van der Waals surface area contributed by atoms with Crippen molar-refractivity contribution < 1.29 is 18.0 Å². The van der Waals surface area contributed by atoms with Crippen molar-refractivity contribution in [1.29, 1.82) is 0 Å². The van der Waals surface area contributed by atoms with E-state index in [1.54, 1.807) is 20.0 Å². The van der Waals surface area contributed by atoms with Crippen LogP contribution < -0.4 is 21.3 Å². The first-order valence-electron chi connectivity index (χ1n) is 10.9. The van der Waals surface area contributed by atoms with Crippen LogP contribution >= 0.6 is 0 Å². The van der Waals surface area contributed by atoms with E-state index in [9.17, 15) is 18.0 Å². The zero-order chi connectivity index (χ0) is 24.3. The lowest BCUT2D eigenvalue weighted by molar-refractivity contribution is -0.137. The second-order valence-electron chi connectivity index (χ2n) is 9.24. The second-order valence-corrected chi connectivity index (χ2v) is 9.24. The van der Waals surface area contributed by atoms with Crippen LogP contribution in [0.5, 0.6) is 0 Å². The molecular formula is C23H24F3N7O. The molecule has 178 valence electrons. The average Bonchev–Trinajstić information content (AvgIpc) is 3.13. The van der Waals surface area contributed by atoms with Gasteiger partial charge in [-0.25, -0.2) is 15.0 Å². The van der Waals surface area contributed by atoms with Gasteiger partial charge in [-0.1, -0.05) is 0 Å². The third-order valence-electron chi connectivity index (χ3n) is 6.41. The van der Waals surface area contributed by atoms with Gasteiger partial charge in [-0.05, 0) is 43.7 Å². The number of aryl methyl sites for hydroxylation is 1. The minimum Gasteiger partial charge on any atom is -0.399 e. The summed E-state index contributed by atoms with van der Waals surface area (Å²) < 4.78 is 39.8. The first-order chi connectivity index (χ1) is 16.0. The monoisotopic (exact) mass is 471 g/mol. The molecular weight excluding hydrogens is 447 g/mol. The van der Waals surface area contributed by atoms with E-state index in [0.29, 0.717) is 41.1 Å². The Morgan fingerprint density at radius 1 is 1.21 bits per heavy atom. The molecule has 4 N–H and O–H groups in total. The number of nitrogens with zero attached hydrogens (tertiary/aromatic N) is 4. The maximum Gasteiger partial charge on any atom is 0.416 e. The summed E-state index contributed by atoms with van der Waals surface area (Å²) in [7, 11) is 0. The number of anilines is 3. The van der Waals surface area contributed by atoms with Gasteiger partial charge in [0.2, 0.25) is 5.91 Å². The topological polar surface area (TPSA) is 109 Å². The molecule has 1 amide bonds. The molecule has 1 spiro atoms. The minimum atomic E-state index is -4.49. The van der Waals surface area contributed by atoms with Gasteiger partial charge < -0.3 is 21.3 Å². The zero-order valence-electron chi connectivity index (χ0n) is 18.7. The second kappa shape index (κ2) is 7.71. The van der Waals surface area contributed by atoms with E-state index in [1.807, 2.05) is 6.07 Å². The predicted octanol–water partition coefficient (Wildman–Crippen LogP) is 3.43. The minimum absolute atomic E-state index is 0.0419. The van der Waals surface area contributed by atoms with Gasteiger partial charge >= 0.3 is 6.18 Å². The van der Waals surface area contributed by atoms with E-state index in [1.165, 1.54) is 6.07 Å². The van der Waals surface area contributed by atoms with E-state index >= 15 is 0 Å². The summed E-state index contributed by atoms with van der Waals surface area (Å²) in [4.78, 5) is 27.2.